The predicted molar refractivity (Wildman–Crippen MR) is 62.5 cm³/mol. The third kappa shape index (κ3) is 1.19. The molecular formula is C14H20O. The van der Waals surface area contributed by atoms with E-state index in [2.05, 4.69) is 27.7 Å². The van der Waals surface area contributed by atoms with Gasteiger partial charge in [-0.1, -0.05) is 58.0 Å². The predicted octanol–water partition coefficient (Wildman–Crippen LogP) is 3.33. The molecule has 1 nitrogen and oxygen atoms in total. The summed E-state index contributed by atoms with van der Waals surface area (Å²) in [5.41, 5.74) is 0.294. The first-order valence-electron chi connectivity index (χ1n) is 5.59. The standard InChI is InChI=1S/C14H20O/c1-12(2)10-13(3,4)14(12,15)11-8-6-5-7-9-11/h5-9,15H,10H2,1-4H3. The highest BCUT2D eigenvalue weighted by Gasteiger charge is 2.65. The Balaban J connectivity index is 2.50. The highest BCUT2D eigenvalue weighted by molar-refractivity contribution is 5.32. The molecule has 0 bridgehead atoms. The number of hydrogen-bond donors (Lipinski definition) is 1. The highest BCUT2D eigenvalue weighted by Crippen LogP contribution is 2.66. The van der Waals surface area contributed by atoms with Crippen molar-refractivity contribution in [3.05, 3.63) is 35.9 Å². The van der Waals surface area contributed by atoms with E-state index in [0.29, 0.717) is 0 Å². The topological polar surface area (TPSA) is 20.2 Å². The summed E-state index contributed by atoms with van der Waals surface area (Å²) in [5, 5.41) is 10.9. The molecule has 1 aliphatic carbocycles. The van der Waals surface area contributed by atoms with Gasteiger partial charge in [0.15, 0.2) is 0 Å². The van der Waals surface area contributed by atoms with E-state index in [1.165, 1.54) is 0 Å². The average molecular weight is 204 g/mol. The maximum absolute atomic E-state index is 10.9. The summed E-state index contributed by atoms with van der Waals surface area (Å²) < 4.78 is 0. The van der Waals surface area contributed by atoms with Gasteiger partial charge in [0, 0.05) is 0 Å². The van der Waals surface area contributed by atoms with Crippen LogP contribution in [0.4, 0.5) is 0 Å². The fourth-order valence-electron chi connectivity index (χ4n) is 3.63. The molecule has 0 radical (unpaired) electrons. The third-order valence-corrected chi connectivity index (χ3v) is 4.03. The molecule has 1 heteroatoms. The molecule has 1 fully saturated rings. The van der Waals surface area contributed by atoms with Gasteiger partial charge in [0.1, 0.15) is 0 Å². The highest BCUT2D eigenvalue weighted by atomic mass is 16.3. The molecule has 15 heavy (non-hydrogen) atoms. The van der Waals surface area contributed by atoms with Crippen LogP contribution in [0.1, 0.15) is 39.7 Å². The van der Waals surface area contributed by atoms with Gasteiger partial charge in [0.2, 0.25) is 0 Å². The molecule has 0 aromatic heterocycles. The van der Waals surface area contributed by atoms with Gasteiger partial charge in [-0.15, -0.1) is 0 Å². The van der Waals surface area contributed by atoms with Gasteiger partial charge >= 0.3 is 0 Å². The first kappa shape index (κ1) is 10.7. The summed E-state index contributed by atoms with van der Waals surface area (Å²) in [6, 6.07) is 10.0. The minimum atomic E-state index is -0.693. The first-order chi connectivity index (χ1) is 6.81. The summed E-state index contributed by atoms with van der Waals surface area (Å²) in [6.45, 7) is 8.58. The van der Waals surface area contributed by atoms with Crippen LogP contribution in [-0.2, 0) is 5.60 Å². The molecule has 0 spiro atoms. The van der Waals surface area contributed by atoms with E-state index in [0.717, 1.165) is 12.0 Å². The second kappa shape index (κ2) is 2.85. The molecule has 1 aromatic rings. The van der Waals surface area contributed by atoms with Gasteiger partial charge < -0.3 is 5.11 Å². The normalized spacial score (nSPS) is 25.7. The second-order valence-electron chi connectivity index (χ2n) is 6.02. The van der Waals surface area contributed by atoms with Crippen LogP contribution in [0.15, 0.2) is 30.3 Å². The molecule has 0 heterocycles. The van der Waals surface area contributed by atoms with Crippen molar-refractivity contribution in [3.63, 3.8) is 0 Å². The minimum Gasteiger partial charge on any atom is -0.384 e. The van der Waals surface area contributed by atoms with Crippen molar-refractivity contribution in [2.75, 3.05) is 0 Å². The smallest absolute Gasteiger partial charge is 0.0998 e. The molecule has 0 unspecified atom stereocenters. The van der Waals surface area contributed by atoms with Crippen molar-refractivity contribution < 1.29 is 5.11 Å². The largest absolute Gasteiger partial charge is 0.384 e. The van der Waals surface area contributed by atoms with Crippen LogP contribution in [0, 0.1) is 10.8 Å². The van der Waals surface area contributed by atoms with E-state index in [-0.39, 0.29) is 10.8 Å². The van der Waals surface area contributed by atoms with Crippen LogP contribution in [0.5, 0.6) is 0 Å². The van der Waals surface area contributed by atoms with Crippen LogP contribution in [0.2, 0.25) is 0 Å². The lowest BCUT2D eigenvalue weighted by Crippen LogP contribution is -2.64. The van der Waals surface area contributed by atoms with Crippen LogP contribution in [0.3, 0.4) is 0 Å². The number of benzene rings is 1. The zero-order chi connectivity index (χ0) is 11.3. The number of rotatable bonds is 1. The van der Waals surface area contributed by atoms with E-state index in [9.17, 15) is 5.11 Å². The van der Waals surface area contributed by atoms with E-state index in [4.69, 9.17) is 0 Å². The van der Waals surface area contributed by atoms with Gasteiger partial charge in [-0.25, -0.2) is 0 Å². The Kier molecular flexibility index (Phi) is 2.03. The molecule has 0 saturated heterocycles. The SMILES string of the molecule is CC1(C)CC(C)(C)C1(O)c1ccccc1. The lowest BCUT2D eigenvalue weighted by molar-refractivity contribution is -0.256. The lowest BCUT2D eigenvalue weighted by atomic mass is 9.43. The molecule has 0 atom stereocenters. The molecule has 0 aliphatic heterocycles. The Hall–Kier alpha value is -0.820. The zero-order valence-corrected chi connectivity index (χ0v) is 10.0. The maximum Gasteiger partial charge on any atom is 0.0998 e. The summed E-state index contributed by atoms with van der Waals surface area (Å²) in [4.78, 5) is 0. The van der Waals surface area contributed by atoms with Crippen LogP contribution < -0.4 is 0 Å². The van der Waals surface area contributed by atoms with E-state index < -0.39 is 5.60 Å². The molecule has 1 saturated carbocycles. The summed E-state index contributed by atoms with van der Waals surface area (Å²) in [7, 11) is 0. The molecule has 2 rings (SSSR count). The Morgan fingerprint density at radius 2 is 1.40 bits per heavy atom. The fourth-order valence-corrected chi connectivity index (χ4v) is 3.63. The van der Waals surface area contributed by atoms with Crippen LogP contribution in [-0.4, -0.2) is 5.11 Å². The summed E-state index contributed by atoms with van der Waals surface area (Å²) in [5.74, 6) is 0. The monoisotopic (exact) mass is 204 g/mol. The van der Waals surface area contributed by atoms with E-state index >= 15 is 0 Å². The molecule has 1 aromatic carbocycles. The second-order valence-corrected chi connectivity index (χ2v) is 6.02. The molecule has 1 aliphatic rings. The third-order valence-electron chi connectivity index (χ3n) is 4.03. The van der Waals surface area contributed by atoms with Gasteiger partial charge in [-0.3, -0.25) is 0 Å². The molecule has 82 valence electrons. The van der Waals surface area contributed by atoms with Crippen molar-refractivity contribution in [2.24, 2.45) is 10.8 Å². The van der Waals surface area contributed by atoms with Crippen molar-refractivity contribution in [1.29, 1.82) is 0 Å². The van der Waals surface area contributed by atoms with Crippen LogP contribution >= 0.6 is 0 Å². The quantitative estimate of drug-likeness (QED) is 0.744. The average Bonchev–Trinajstić information content (AvgIpc) is 2.16. The number of aliphatic hydroxyl groups is 1. The maximum atomic E-state index is 10.9. The Morgan fingerprint density at radius 3 is 1.80 bits per heavy atom. The van der Waals surface area contributed by atoms with Crippen molar-refractivity contribution in [3.8, 4) is 0 Å². The van der Waals surface area contributed by atoms with E-state index in [1.807, 2.05) is 30.3 Å². The van der Waals surface area contributed by atoms with Gasteiger partial charge in [0.25, 0.3) is 0 Å². The van der Waals surface area contributed by atoms with Gasteiger partial charge in [-0.2, -0.15) is 0 Å². The molecular weight excluding hydrogens is 184 g/mol. The van der Waals surface area contributed by atoms with Crippen molar-refractivity contribution in [2.45, 2.75) is 39.7 Å². The summed E-state index contributed by atoms with van der Waals surface area (Å²) >= 11 is 0. The fraction of sp³-hybridized carbons (Fsp3) is 0.571. The zero-order valence-electron chi connectivity index (χ0n) is 10.0. The lowest BCUT2D eigenvalue weighted by Gasteiger charge is -2.64. The van der Waals surface area contributed by atoms with Crippen LogP contribution in [0.25, 0.3) is 0 Å². The van der Waals surface area contributed by atoms with Crippen molar-refractivity contribution in [1.82, 2.24) is 0 Å². The van der Waals surface area contributed by atoms with Gasteiger partial charge in [0.05, 0.1) is 5.60 Å². The molecule has 0 amide bonds. The summed E-state index contributed by atoms with van der Waals surface area (Å²) in [6.07, 6.45) is 1.06. The Bertz CT molecular complexity index is 348. The van der Waals surface area contributed by atoms with E-state index in [1.54, 1.807) is 0 Å². The van der Waals surface area contributed by atoms with Gasteiger partial charge in [-0.05, 0) is 22.8 Å². The Morgan fingerprint density at radius 1 is 0.933 bits per heavy atom. The number of hydrogen-bond acceptors (Lipinski definition) is 1. The first-order valence-corrected chi connectivity index (χ1v) is 5.59. The Labute approximate surface area is 92.1 Å². The van der Waals surface area contributed by atoms with Crippen molar-refractivity contribution >= 4 is 0 Å². The minimum absolute atomic E-state index is 0.0299. The molecule has 1 N–H and O–H groups in total.